The summed E-state index contributed by atoms with van der Waals surface area (Å²) in [4.78, 5) is 29.6. The number of hydrogen-bond acceptors (Lipinski definition) is 3. The van der Waals surface area contributed by atoms with Crippen LogP contribution in [0.1, 0.15) is 10.4 Å². The molecule has 1 amide bonds. The molecule has 1 rings (SSSR count). The van der Waals surface area contributed by atoms with Crippen molar-refractivity contribution in [2.45, 2.75) is 0 Å². The maximum Gasteiger partial charge on any atom is 0.322 e. The number of aliphatic imine (C=N–C) groups is 2. The number of guanidine groups is 2. The van der Waals surface area contributed by atoms with Gasteiger partial charge in [-0.25, -0.2) is 4.99 Å². The summed E-state index contributed by atoms with van der Waals surface area (Å²) in [6, 6.07) is 6.23. The summed E-state index contributed by atoms with van der Waals surface area (Å²) in [7, 11) is 0. The van der Waals surface area contributed by atoms with Crippen molar-refractivity contribution in [3.8, 4) is 0 Å². The second-order valence-electron chi connectivity index (χ2n) is 3.60. The van der Waals surface area contributed by atoms with Gasteiger partial charge in [-0.2, -0.15) is 4.99 Å². The van der Waals surface area contributed by atoms with E-state index in [2.05, 4.69) is 15.3 Å². The number of aliphatic carboxylic acids is 1. The van der Waals surface area contributed by atoms with E-state index in [9.17, 15) is 9.59 Å². The Hall–Kier alpha value is -3.10. The largest absolute Gasteiger partial charge is 0.480 e. The van der Waals surface area contributed by atoms with E-state index in [1.165, 1.54) is 12.1 Å². The van der Waals surface area contributed by atoms with E-state index in [-0.39, 0.29) is 23.2 Å². The number of carbonyl (C=O) groups excluding carboxylic acids is 1. The Bertz CT molecular complexity index is 577. The SMILES string of the molecule is NC(N)=NC(N)=Nc1ccccc1C(=O)NCC(=O)O. The summed E-state index contributed by atoms with van der Waals surface area (Å²) in [6.07, 6.45) is 0. The molecular formula is C11H14N6O3. The number of rotatable bonds is 4. The van der Waals surface area contributed by atoms with Crippen LogP contribution in [0.25, 0.3) is 0 Å². The van der Waals surface area contributed by atoms with Crippen LogP contribution in [0, 0.1) is 0 Å². The second-order valence-corrected chi connectivity index (χ2v) is 3.60. The van der Waals surface area contributed by atoms with Gasteiger partial charge in [-0.3, -0.25) is 9.59 Å². The maximum atomic E-state index is 11.8. The molecule has 20 heavy (non-hydrogen) atoms. The molecule has 8 N–H and O–H groups in total. The first-order valence-electron chi connectivity index (χ1n) is 5.43. The summed E-state index contributed by atoms with van der Waals surface area (Å²) in [6.45, 7) is -0.500. The van der Waals surface area contributed by atoms with E-state index in [0.29, 0.717) is 0 Å². The van der Waals surface area contributed by atoms with Crippen molar-refractivity contribution in [1.29, 1.82) is 0 Å². The monoisotopic (exact) mass is 278 g/mol. The lowest BCUT2D eigenvalue weighted by atomic mass is 10.1. The number of carbonyl (C=O) groups is 2. The quantitative estimate of drug-likeness (QED) is 0.339. The molecule has 0 fully saturated rings. The Labute approximate surface area is 114 Å². The predicted molar refractivity (Wildman–Crippen MR) is 73.5 cm³/mol. The van der Waals surface area contributed by atoms with Crippen LogP contribution in [-0.2, 0) is 4.79 Å². The molecule has 0 bridgehead atoms. The highest BCUT2D eigenvalue weighted by Gasteiger charge is 2.11. The number of nitrogens with zero attached hydrogens (tertiary/aromatic N) is 2. The number of benzene rings is 1. The molecule has 0 saturated carbocycles. The number of nitrogens with one attached hydrogen (secondary N) is 1. The summed E-state index contributed by atoms with van der Waals surface area (Å²) in [5.41, 5.74) is 16.1. The molecule has 106 valence electrons. The molecule has 1 aromatic carbocycles. The number of carboxylic acids is 1. The third-order valence-corrected chi connectivity index (χ3v) is 2.03. The molecule has 1 aromatic rings. The third-order valence-electron chi connectivity index (χ3n) is 2.03. The van der Waals surface area contributed by atoms with Crippen LogP contribution in [0.5, 0.6) is 0 Å². The van der Waals surface area contributed by atoms with Crippen LogP contribution in [0.4, 0.5) is 5.69 Å². The van der Waals surface area contributed by atoms with Gasteiger partial charge in [0, 0.05) is 0 Å². The van der Waals surface area contributed by atoms with Crippen molar-refractivity contribution in [2.24, 2.45) is 27.2 Å². The fourth-order valence-corrected chi connectivity index (χ4v) is 1.29. The first kappa shape index (κ1) is 15.0. The first-order chi connectivity index (χ1) is 9.40. The number of amides is 1. The Morgan fingerprint density at radius 3 is 2.45 bits per heavy atom. The number of para-hydroxylation sites is 1. The smallest absolute Gasteiger partial charge is 0.322 e. The maximum absolute atomic E-state index is 11.8. The fourth-order valence-electron chi connectivity index (χ4n) is 1.29. The molecule has 0 unspecified atom stereocenters. The van der Waals surface area contributed by atoms with Crippen LogP contribution >= 0.6 is 0 Å². The number of carboxylic acid groups (broad SMARTS) is 1. The lowest BCUT2D eigenvalue weighted by Crippen LogP contribution is -2.29. The van der Waals surface area contributed by atoms with Gasteiger partial charge in [0.05, 0.1) is 11.3 Å². The lowest BCUT2D eigenvalue weighted by molar-refractivity contribution is -0.135. The van der Waals surface area contributed by atoms with Gasteiger partial charge < -0.3 is 27.6 Å². The highest BCUT2D eigenvalue weighted by molar-refractivity contribution is 6.01. The van der Waals surface area contributed by atoms with E-state index in [4.69, 9.17) is 22.3 Å². The lowest BCUT2D eigenvalue weighted by Gasteiger charge is -2.05. The van der Waals surface area contributed by atoms with Gasteiger partial charge in [-0.05, 0) is 12.1 Å². The highest BCUT2D eigenvalue weighted by atomic mass is 16.4. The molecule has 0 aromatic heterocycles. The van der Waals surface area contributed by atoms with Gasteiger partial charge in [0.15, 0.2) is 5.96 Å². The van der Waals surface area contributed by atoms with E-state index in [1.807, 2.05) is 0 Å². The van der Waals surface area contributed by atoms with Crippen molar-refractivity contribution in [3.63, 3.8) is 0 Å². The number of hydrogen-bond donors (Lipinski definition) is 5. The molecule has 0 atom stereocenters. The normalized spacial score (nSPS) is 10.7. The minimum absolute atomic E-state index is 0.155. The zero-order valence-electron chi connectivity index (χ0n) is 10.4. The van der Waals surface area contributed by atoms with Crippen LogP contribution in [0.2, 0.25) is 0 Å². The zero-order valence-corrected chi connectivity index (χ0v) is 10.4. The zero-order chi connectivity index (χ0) is 15.1. The Morgan fingerprint density at radius 2 is 1.85 bits per heavy atom. The van der Waals surface area contributed by atoms with Gasteiger partial charge in [0.2, 0.25) is 5.96 Å². The van der Waals surface area contributed by atoms with Gasteiger partial charge in [-0.1, -0.05) is 12.1 Å². The first-order valence-corrected chi connectivity index (χ1v) is 5.43. The molecular weight excluding hydrogens is 264 g/mol. The van der Waals surface area contributed by atoms with E-state index in [0.717, 1.165) is 0 Å². The van der Waals surface area contributed by atoms with Crippen molar-refractivity contribution in [1.82, 2.24) is 5.32 Å². The van der Waals surface area contributed by atoms with Gasteiger partial charge in [-0.15, -0.1) is 0 Å². The van der Waals surface area contributed by atoms with Crippen molar-refractivity contribution < 1.29 is 14.7 Å². The average molecular weight is 278 g/mol. The van der Waals surface area contributed by atoms with Crippen LogP contribution < -0.4 is 22.5 Å². The molecule has 0 radical (unpaired) electrons. The summed E-state index contributed by atoms with van der Waals surface area (Å²) in [5.74, 6) is -2.23. The van der Waals surface area contributed by atoms with Gasteiger partial charge >= 0.3 is 5.97 Å². The summed E-state index contributed by atoms with van der Waals surface area (Å²) < 4.78 is 0. The second kappa shape index (κ2) is 6.73. The summed E-state index contributed by atoms with van der Waals surface area (Å²) >= 11 is 0. The third kappa shape index (κ3) is 4.64. The van der Waals surface area contributed by atoms with Crippen LogP contribution in [-0.4, -0.2) is 35.4 Å². The Morgan fingerprint density at radius 1 is 1.20 bits per heavy atom. The van der Waals surface area contributed by atoms with Crippen molar-refractivity contribution in [2.75, 3.05) is 6.54 Å². The van der Waals surface area contributed by atoms with Crippen LogP contribution in [0.3, 0.4) is 0 Å². The molecule has 0 aliphatic rings. The van der Waals surface area contributed by atoms with Crippen LogP contribution in [0.15, 0.2) is 34.3 Å². The molecule has 0 heterocycles. The topological polar surface area (TPSA) is 169 Å². The minimum Gasteiger partial charge on any atom is -0.480 e. The van der Waals surface area contributed by atoms with Gasteiger partial charge in [0.1, 0.15) is 6.54 Å². The van der Waals surface area contributed by atoms with Crippen molar-refractivity contribution >= 4 is 29.5 Å². The van der Waals surface area contributed by atoms with Gasteiger partial charge in [0.25, 0.3) is 5.91 Å². The average Bonchev–Trinajstić information content (AvgIpc) is 2.35. The Kier molecular flexibility index (Phi) is 5.03. The molecule has 9 heteroatoms. The molecule has 0 saturated heterocycles. The van der Waals surface area contributed by atoms with E-state index >= 15 is 0 Å². The molecule has 0 aliphatic heterocycles. The minimum atomic E-state index is -1.15. The Balaban J connectivity index is 3.02. The van der Waals surface area contributed by atoms with Crippen molar-refractivity contribution in [3.05, 3.63) is 29.8 Å². The molecule has 9 nitrogen and oxygen atoms in total. The molecule has 0 aliphatic carbocycles. The molecule has 0 spiro atoms. The standard InChI is InChI=1S/C11H14N6O3/c12-10(13)17-11(14)16-7-4-2-1-3-6(7)9(20)15-5-8(18)19/h1-4H,5H2,(H,15,20)(H,18,19)(H6,12,13,14,16,17). The fraction of sp³-hybridized carbons (Fsp3) is 0.0909. The highest BCUT2D eigenvalue weighted by Crippen LogP contribution is 2.18. The number of nitrogens with two attached hydrogens (primary N) is 3. The predicted octanol–water partition coefficient (Wildman–Crippen LogP) is -1.28. The van der Waals surface area contributed by atoms with E-state index in [1.54, 1.807) is 12.1 Å². The summed E-state index contributed by atoms with van der Waals surface area (Å²) in [5, 5.41) is 10.7. The van der Waals surface area contributed by atoms with E-state index < -0.39 is 18.4 Å².